The van der Waals surface area contributed by atoms with Crippen molar-refractivity contribution < 1.29 is 24.9 Å². The number of phenolic OH excluding ortho intramolecular Hbond substituents is 3. The molecule has 3 aromatic rings. The second kappa shape index (κ2) is 11.9. The molecule has 0 aliphatic heterocycles. The zero-order valence-corrected chi connectivity index (χ0v) is 19.6. The third-order valence-corrected chi connectivity index (χ3v) is 5.63. The van der Waals surface area contributed by atoms with E-state index in [2.05, 4.69) is 0 Å². The quantitative estimate of drug-likeness (QED) is 0.221. The molecule has 7 nitrogen and oxygen atoms in total. The Labute approximate surface area is 204 Å². The molecule has 3 aromatic carbocycles. The van der Waals surface area contributed by atoms with Gasteiger partial charge in [0.1, 0.15) is 11.5 Å². The first kappa shape index (κ1) is 25.6. The Morgan fingerprint density at radius 2 is 1.31 bits per heavy atom. The number of aldehydes is 1. The van der Waals surface area contributed by atoms with Crippen molar-refractivity contribution >= 4 is 30.6 Å². The maximum Gasteiger partial charge on any atom is 0.164 e. The average molecular weight is 475 g/mol. The van der Waals surface area contributed by atoms with Crippen LogP contribution in [0.1, 0.15) is 43.7 Å². The fraction of sp³-hybridized carbons (Fsp3) is 0.179. The van der Waals surface area contributed by atoms with Crippen LogP contribution >= 0.6 is 0 Å². The third-order valence-electron chi connectivity index (χ3n) is 5.63. The fourth-order valence-electron chi connectivity index (χ4n) is 4.02. The molecule has 0 amide bonds. The summed E-state index contributed by atoms with van der Waals surface area (Å²) in [6, 6.07) is 11.7. The van der Waals surface area contributed by atoms with Gasteiger partial charge in [0.15, 0.2) is 17.8 Å². The minimum Gasteiger partial charge on any atom is -0.508 e. The number of phenols is 3. The number of carbonyl (C=O) groups excluding carboxylic acids is 1. The number of hydrogen-bond acceptors (Lipinski definition) is 7. The van der Waals surface area contributed by atoms with Crippen molar-refractivity contribution in [3.8, 4) is 23.0 Å². The van der Waals surface area contributed by atoms with Gasteiger partial charge in [0.2, 0.25) is 0 Å². The smallest absolute Gasteiger partial charge is 0.164 e. The topological polar surface area (TPSA) is 139 Å². The molecule has 7 heteroatoms. The zero-order valence-electron chi connectivity index (χ0n) is 19.6. The molecule has 182 valence electrons. The molecule has 0 aliphatic rings. The van der Waals surface area contributed by atoms with Crippen molar-refractivity contribution in [2.24, 2.45) is 11.5 Å². The molecule has 0 aliphatic carbocycles. The van der Waals surface area contributed by atoms with E-state index in [-0.39, 0.29) is 22.8 Å². The number of ether oxygens (including phenoxy) is 1. The van der Waals surface area contributed by atoms with E-state index < -0.39 is 0 Å². The number of nitrogens with two attached hydrogens (primary N) is 2. The van der Waals surface area contributed by atoms with Gasteiger partial charge in [-0.05, 0) is 84.1 Å². The number of benzene rings is 3. The average Bonchev–Trinajstić information content (AvgIpc) is 2.83. The van der Waals surface area contributed by atoms with E-state index in [4.69, 9.17) is 16.2 Å². The number of aromatic hydroxyl groups is 3. The van der Waals surface area contributed by atoms with Gasteiger partial charge in [-0.2, -0.15) is 0 Å². The first-order valence-electron chi connectivity index (χ1n) is 11.2. The van der Waals surface area contributed by atoms with Crippen LogP contribution in [0.2, 0.25) is 0 Å². The third kappa shape index (κ3) is 6.09. The summed E-state index contributed by atoms with van der Waals surface area (Å²) in [6.07, 6.45) is 8.99. The van der Waals surface area contributed by atoms with Crippen molar-refractivity contribution in [3.05, 3.63) is 81.4 Å². The predicted octanol–water partition coefficient (Wildman–Crippen LogP) is 3.97. The molecule has 0 aromatic heterocycles. The van der Waals surface area contributed by atoms with Crippen LogP contribution in [-0.2, 0) is 12.8 Å². The van der Waals surface area contributed by atoms with E-state index in [9.17, 15) is 20.1 Å². The SMILES string of the molecule is COc1c(O)ccc(/C=C/c2cc(O)cc(/C=C/c3ccc(O)c(C=O)c3CCN)c2)c1CCN. The second-order valence-electron chi connectivity index (χ2n) is 7.97. The standard InChI is InChI=1S/C28H30N2O5/c1-35-28-24(11-13-30)21(7-9-27(28)34)5-3-19-14-18(15-22(32)16-19)2-4-20-6-8-26(33)25(17-31)23(20)10-12-29/h2-9,14-17,32-34H,10-13,29-30H2,1H3/b4-2+,5-3+. The monoisotopic (exact) mass is 474 g/mol. The Balaban J connectivity index is 1.95. The van der Waals surface area contributed by atoms with Gasteiger partial charge < -0.3 is 31.5 Å². The molecule has 0 bridgehead atoms. The first-order valence-corrected chi connectivity index (χ1v) is 11.2. The van der Waals surface area contributed by atoms with E-state index in [0.29, 0.717) is 43.5 Å². The van der Waals surface area contributed by atoms with Gasteiger partial charge in [-0.15, -0.1) is 0 Å². The van der Waals surface area contributed by atoms with E-state index in [1.165, 1.54) is 13.2 Å². The Bertz CT molecular complexity index is 1260. The Kier molecular flexibility index (Phi) is 8.67. The van der Waals surface area contributed by atoms with Crippen molar-refractivity contribution in [1.82, 2.24) is 0 Å². The summed E-state index contributed by atoms with van der Waals surface area (Å²) in [7, 11) is 1.50. The normalized spacial score (nSPS) is 11.4. The minimum atomic E-state index is -0.0785. The van der Waals surface area contributed by atoms with Crippen LogP contribution in [0, 0.1) is 0 Å². The molecule has 0 spiro atoms. The highest BCUT2D eigenvalue weighted by atomic mass is 16.5. The van der Waals surface area contributed by atoms with Crippen molar-refractivity contribution in [2.45, 2.75) is 12.8 Å². The van der Waals surface area contributed by atoms with Gasteiger partial charge in [0, 0.05) is 5.56 Å². The predicted molar refractivity (Wildman–Crippen MR) is 140 cm³/mol. The number of rotatable bonds is 10. The van der Waals surface area contributed by atoms with Crippen LogP contribution in [0.25, 0.3) is 24.3 Å². The van der Waals surface area contributed by atoms with E-state index in [0.717, 1.165) is 27.8 Å². The molecule has 35 heavy (non-hydrogen) atoms. The van der Waals surface area contributed by atoms with Gasteiger partial charge in [0.05, 0.1) is 12.7 Å². The summed E-state index contributed by atoms with van der Waals surface area (Å²) in [5, 5.41) is 30.3. The lowest BCUT2D eigenvalue weighted by Crippen LogP contribution is -2.07. The van der Waals surface area contributed by atoms with Crippen LogP contribution in [0.5, 0.6) is 23.0 Å². The van der Waals surface area contributed by atoms with Crippen LogP contribution in [0.3, 0.4) is 0 Å². The van der Waals surface area contributed by atoms with Gasteiger partial charge >= 0.3 is 0 Å². The summed E-state index contributed by atoms with van der Waals surface area (Å²) in [4.78, 5) is 11.5. The molecule has 0 heterocycles. The highest BCUT2D eigenvalue weighted by Gasteiger charge is 2.12. The van der Waals surface area contributed by atoms with E-state index >= 15 is 0 Å². The van der Waals surface area contributed by atoms with Gasteiger partial charge in [0.25, 0.3) is 0 Å². The lowest BCUT2D eigenvalue weighted by Gasteiger charge is -2.12. The first-order chi connectivity index (χ1) is 16.9. The van der Waals surface area contributed by atoms with Crippen LogP contribution in [0.15, 0.2) is 42.5 Å². The Hall–Kier alpha value is -4.07. The molecule has 0 radical (unpaired) electrons. The van der Waals surface area contributed by atoms with Crippen LogP contribution in [0.4, 0.5) is 0 Å². The van der Waals surface area contributed by atoms with Crippen molar-refractivity contribution in [3.63, 3.8) is 0 Å². The number of methoxy groups -OCH3 is 1. The number of hydrogen-bond donors (Lipinski definition) is 5. The molecule has 0 unspecified atom stereocenters. The van der Waals surface area contributed by atoms with Crippen LogP contribution < -0.4 is 16.2 Å². The van der Waals surface area contributed by atoms with E-state index in [1.807, 2.05) is 30.4 Å². The highest BCUT2D eigenvalue weighted by Crippen LogP contribution is 2.34. The molecule has 0 saturated carbocycles. The van der Waals surface area contributed by atoms with Crippen molar-refractivity contribution in [1.29, 1.82) is 0 Å². The largest absolute Gasteiger partial charge is 0.508 e. The fourth-order valence-corrected chi connectivity index (χ4v) is 4.02. The van der Waals surface area contributed by atoms with Gasteiger partial charge in [-0.1, -0.05) is 36.4 Å². The Morgan fingerprint density at radius 1 is 0.771 bits per heavy atom. The lowest BCUT2D eigenvalue weighted by atomic mass is 9.96. The summed E-state index contributed by atoms with van der Waals surface area (Å²) >= 11 is 0. The molecule has 0 atom stereocenters. The summed E-state index contributed by atoms with van der Waals surface area (Å²) in [5.41, 5.74) is 16.3. The molecule has 7 N–H and O–H groups in total. The molecular formula is C28H30N2O5. The molecule has 3 rings (SSSR count). The number of carbonyl (C=O) groups is 1. The molecule has 0 saturated heterocycles. The summed E-state index contributed by atoms with van der Waals surface area (Å²) in [5.74, 6) is 0.469. The van der Waals surface area contributed by atoms with Gasteiger partial charge in [-0.3, -0.25) is 4.79 Å². The molecule has 0 fully saturated rings. The Morgan fingerprint density at radius 3 is 1.86 bits per heavy atom. The lowest BCUT2D eigenvalue weighted by molar-refractivity contribution is 0.112. The van der Waals surface area contributed by atoms with Crippen molar-refractivity contribution in [2.75, 3.05) is 20.2 Å². The maximum absolute atomic E-state index is 11.5. The highest BCUT2D eigenvalue weighted by molar-refractivity contribution is 5.85. The maximum atomic E-state index is 11.5. The van der Waals surface area contributed by atoms with Crippen LogP contribution in [-0.4, -0.2) is 41.8 Å². The summed E-state index contributed by atoms with van der Waals surface area (Å²) < 4.78 is 5.35. The molecular weight excluding hydrogens is 444 g/mol. The minimum absolute atomic E-state index is 0.0545. The summed E-state index contributed by atoms with van der Waals surface area (Å²) in [6.45, 7) is 0.733. The zero-order chi connectivity index (χ0) is 25.4. The second-order valence-corrected chi connectivity index (χ2v) is 7.97. The van der Waals surface area contributed by atoms with Gasteiger partial charge in [-0.25, -0.2) is 0 Å². The van der Waals surface area contributed by atoms with E-state index in [1.54, 1.807) is 30.3 Å².